The van der Waals surface area contributed by atoms with Gasteiger partial charge in [-0.3, -0.25) is 13.9 Å². The molecule has 7 nitrogen and oxygen atoms in total. The van der Waals surface area contributed by atoms with Crippen molar-refractivity contribution in [2.45, 2.75) is 38.8 Å². The number of likely N-dealkylation sites (N-methyl/N-ethyl adjacent to an activating group) is 1. The number of nitrogens with zero attached hydrogens (tertiary/aromatic N) is 2. The fraction of sp³-hybridized carbons (Fsp3) is 0.310. The van der Waals surface area contributed by atoms with E-state index >= 15 is 0 Å². The van der Waals surface area contributed by atoms with Crippen molar-refractivity contribution < 1.29 is 18.0 Å². The fourth-order valence-corrected chi connectivity index (χ4v) is 5.85. The average molecular weight is 601 g/mol. The molecule has 3 aromatic carbocycles. The number of carbonyl (C=O) groups excluding carboxylic acids is 2. The van der Waals surface area contributed by atoms with Crippen LogP contribution >= 0.6 is 15.9 Å². The molecule has 3 rings (SSSR count). The summed E-state index contributed by atoms with van der Waals surface area (Å²) in [4.78, 5) is 28.3. The molecular weight excluding hydrogens is 566 g/mol. The topological polar surface area (TPSA) is 86.8 Å². The number of hydrogen-bond donors (Lipinski definition) is 1. The summed E-state index contributed by atoms with van der Waals surface area (Å²) in [6.45, 7) is 2.26. The quantitative estimate of drug-likeness (QED) is 0.327. The molecule has 0 saturated carbocycles. The lowest BCUT2D eigenvalue weighted by Gasteiger charge is -2.31. The number of benzene rings is 3. The molecule has 0 aromatic heterocycles. The van der Waals surface area contributed by atoms with Gasteiger partial charge in [0, 0.05) is 37.5 Å². The number of anilines is 1. The van der Waals surface area contributed by atoms with Crippen LogP contribution in [0.1, 0.15) is 29.5 Å². The molecule has 9 heteroatoms. The molecule has 0 aliphatic rings. The Bertz CT molecular complexity index is 1350. The maximum absolute atomic E-state index is 13.7. The van der Waals surface area contributed by atoms with E-state index < -0.39 is 16.1 Å². The van der Waals surface area contributed by atoms with Crippen LogP contribution in [0.5, 0.6) is 0 Å². The molecule has 1 atom stereocenters. The van der Waals surface area contributed by atoms with Crippen molar-refractivity contribution >= 4 is 43.5 Å². The van der Waals surface area contributed by atoms with Gasteiger partial charge in [-0.2, -0.15) is 0 Å². The van der Waals surface area contributed by atoms with Crippen LogP contribution in [0.15, 0.2) is 83.3 Å². The minimum atomic E-state index is -3.55. The number of carbonyl (C=O) groups is 2. The van der Waals surface area contributed by atoms with Crippen molar-refractivity contribution in [1.82, 2.24) is 10.2 Å². The molecule has 0 heterocycles. The van der Waals surface area contributed by atoms with Crippen LogP contribution in [0.2, 0.25) is 0 Å². The number of hydrogen-bond acceptors (Lipinski definition) is 4. The van der Waals surface area contributed by atoms with Crippen LogP contribution in [0, 0.1) is 6.92 Å². The molecule has 1 N–H and O–H groups in total. The van der Waals surface area contributed by atoms with Gasteiger partial charge >= 0.3 is 0 Å². The lowest BCUT2D eigenvalue weighted by atomic mass is 10.0. The number of nitrogens with one attached hydrogen (secondary N) is 1. The Kier molecular flexibility index (Phi) is 10.5. The van der Waals surface area contributed by atoms with E-state index in [1.165, 1.54) is 10.6 Å². The Balaban J connectivity index is 1.85. The second-order valence-corrected chi connectivity index (χ2v) is 12.0. The summed E-state index contributed by atoms with van der Waals surface area (Å²) in [5.74, 6) is -0.470. The number of para-hydroxylation sites is 1. The highest BCUT2D eigenvalue weighted by atomic mass is 79.9. The van der Waals surface area contributed by atoms with Crippen LogP contribution < -0.4 is 9.62 Å². The van der Waals surface area contributed by atoms with Gasteiger partial charge in [0.15, 0.2) is 0 Å². The van der Waals surface area contributed by atoms with Gasteiger partial charge < -0.3 is 10.2 Å². The number of sulfonamides is 1. The Hall–Kier alpha value is -3.17. The molecule has 202 valence electrons. The molecule has 0 saturated heterocycles. The van der Waals surface area contributed by atoms with Crippen LogP contribution in [-0.2, 0) is 32.6 Å². The molecule has 0 spiro atoms. The minimum absolute atomic E-state index is 0.0915. The first kappa shape index (κ1) is 29.4. The van der Waals surface area contributed by atoms with Crippen LogP contribution in [0.3, 0.4) is 0 Å². The number of amides is 2. The van der Waals surface area contributed by atoms with E-state index in [1.807, 2.05) is 73.7 Å². The molecule has 0 fully saturated rings. The van der Waals surface area contributed by atoms with Gasteiger partial charge in [0.25, 0.3) is 0 Å². The largest absolute Gasteiger partial charge is 0.357 e. The SMILES string of the molecule is CNC(=O)C(Cc1ccccc1)N(Cc1cccc(Br)c1)C(=O)CCCN(c1ccccc1C)S(C)(=O)=O. The van der Waals surface area contributed by atoms with Crippen molar-refractivity contribution in [2.75, 3.05) is 24.2 Å². The maximum Gasteiger partial charge on any atom is 0.242 e. The van der Waals surface area contributed by atoms with Gasteiger partial charge in [0.2, 0.25) is 21.8 Å². The highest BCUT2D eigenvalue weighted by molar-refractivity contribution is 9.10. The van der Waals surface area contributed by atoms with Gasteiger partial charge in [-0.25, -0.2) is 8.42 Å². The van der Waals surface area contributed by atoms with E-state index in [2.05, 4.69) is 21.2 Å². The molecule has 1 unspecified atom stereocenters. The molecule has 0 radical (unpaired) electrons. The normalized spacial score (nSPS) is 12.0. The van der Waals surface area contributed by atoms with Crippen molar-refractivity contribution in [3.05, 3.63) is 100 Å². The van der Waals surface area contributed by atoms with Crippen molar-refractivity contribution in [3.63, 3.8) is 0 Å². The van der Waals surface area contributed by atoms with Crippen molar-refractivity contribution in [3.8, 4) is 0 Å². The fourth-order valence-electron chi connectivity index (χ4n) is 4.38. The van der Waals surface area contributed by atoms with Crippen LogP contribution in [-0.4, -0.2) is 51.0 Å². The smallest absolute Gasteiger partial charge is 0.242 e. The predicted octanol–water partition coefficient (Wildman–Crippen LogP) is 4.69. The van der Waals surface area contributed by atoms with E-state index in [4.69, 9.17) is 0 Å². The van der Waals surface area contributed by atoms with Gasteiger partial charge in [-0.05, 0) is 48.2 Å². The summed E-state index contributed by atoms with van der Waals surface area (Å²) < 4.78 is 27.4. The highest BCUT2D eigenvalue weighted by Crippen LogP contribution is 2.23. The molecule has 0 aliphatic heterocycles. The predicted molar refractivity (Wildman–Crippen MR) is 155 cm³/mol. The zero-order valence-corrected chi connectivity index (χ0v) is 24.3. The number of rotatable bonds is 12. The van der Waals surface area contributed by atoms with Crippen molar-refractivity contribution in [2.24, 2.45) is 0 Å². The first-order valence-electron chi connectivity index (χ1n) is 12.4. The zero-order valence-electron chi connectivity index (χ0n) is 21.9. The summed E-state index contributed by atoms with van der Waals surface area (Å²) in [5.41, 5.74) is 3.26. The summed E-state index contributed by atoms with van der Waals surface area (Å²) in [6, 6.07) is 23.8. The molecular formula is C29H34BrN3O4S. The van der Waals surface area contributed by atoms with Crippen LogP contribution in [0.25, 0.3) is 0 Å². The third kappa shape index (κ3) is 8.16. The van der Waals surface area contributed by atoms with E-state index in [0.717, 1.165) is 21.2 Å². The Morgan fingerprint density at radius 1 is 0.947 bits per heavy atom. The number of halogens is 1. The van der Waals surface area contributed by atoms with E-state index in [-0.39, 0.29) is 31.3 Å². The second-order valence-electron chi connectivity index (χ2n) is 9.20. The highest BCUT2D eigenvalue weighted by Gasteiger charge is 2.30. The third-order valence-corrected chi connectivity index (χ3v) is 7.97. The summed E-state index contributed by atoms with van der Waals surface area (Å²) in [7, 11) is -1.98. The first-order chi connectivity index (χ1) is 18.1. The van der Waals surface area contributed by atoms with Gasteiger partial charge in [-0.15, -0.1) is 0 Å². The summed E-state index contributed by atoms with van der Waals surface area (Å²) >= 11 is 3.48. The lowest BCUT2D eigenvalue weighted by molar-refractivity contribution is -0.141. The Morgan fingerprint density at radius 2 is 1.61 bits per heavy atom. The monoisotopic (exact) mass is 599 g/mol. The molecule has 38 heavy (non-hydrogen) atoms. The lowest BCUT2D eigenvalue weighted by Crippen LogP contribution is -2.49. The van der Waals surface area contributed by atoms with Gasteiger partial charge in [0.1, 0.15) is 6.04 Å². The standard InChI is InChI=1S/C29H34BrN3O4S/c1-22-11-7-8-16-26(22)33(38(3,36)37)18-10-17-28(34)32(21-24-14-9-15-25(30)19-24)27(29(35)31-2)20-23-12-5-4-6-13-23/h4-9,11-16,19,27H,10,17-18,20-21H2,1-3H3,(H,31,35). The molecule has 0 aliphatic carbocycles. The van der Waals surface area contributed by atoms with Gasteiger partial charge in [0.05, 0.1) is 11.9 Å². The third-order valence-electron chi connectivity index (χ3n) is 6.30. The second kappa shape index (κ2) is 13.6. The first-order valence-corrected chi connectivity index (χ1v) is 15.1. The van der Waals surface area contributed by atoms with E-state index in [1.54, 1.807) is 24.1 Å². The summed E-state index contributed by atoms with van der Waals surface area (Å²) in [6.07, 6.45) is 1.93. The van der Waals surface area contributed by atoms with Gasteiger partial charge in [-0.1, -0.05) is 76.6 Å². The molecule has 0 bridgehead atoms. The Morgan fingerprint density at radius 3 is 2.24 bits per heavy atom. The Labute approximate surface area is 234 Å². The summed E-state index contributed by atoms with van der Waals surface area (Å²) in [5, 5.41) is 2.71. The minimum Gasteiger partial charge on any atom is -0.357 e. The molecule has 3 aromatic rings. The molecule has 2 amide bonds. The van der Waals surface area contributed by atoms with E-state index in [9.17, 15) is 18.0 Å². The van der Waals surface area contributed by atoms with Crippen LogP contribution in [0.4, 0.5) is 5.69 Å². The zero-order chi connectivity index (χ0) is 27.7. The maximum atomic E-state index is 13.7. The van der Waals surface area contributed by atoms with E-state index in [0.29, 0.717) is 18.5 Å². The average Bonchev–Trinajstić information content (AvgIpc) is 2.88. The van der Waals surface area contributed by atoms with Crippen molar-refractivity contribution in [1.29, 1.82) is 0 Å². The number of aryl methyl sites for hydroxylation is 1.